The highest BCUT2D eigenvalue weighted by atomic mass is 14.9. The van der Waals surface area contributed by atoms with Crippen molar-refractivity contribution in [3.63, 3.8) is 0 Å². The molecule has 102 valence electrons. The molecule has 0 aromatic heterocycles. The molecule has 0 fully saturated rings. The number of rotatable bonds is 5. The Hall–Kier alpha value is -0.820. The van der Waals surface area contributed by atoms with Gasteiger partial charge in [-0.3, -0.25) is 0 Å². The van der Waals surface area contributed by atoms with Crippen molar-refractivity contribution in [2.24, 2.45) is 11.8 Å². The van der Waals surface area contributed by atoms with Gasteiger partial charge in [0, 0.05) is 5.54 Å². The first-order valence-electron chi connectivity index (χ1n) is 7.09. The van der Waals surface area contributed by atoms with E-state index in [2.05, 4.69) is 71.1 Å². The van der Waals surface area contributed by atoms with Gasteiger partial charge in [-0.1, -0.05) is 38.1 Å². The largest absolute Gasteiger partial charge is 0.312 e. The van der Waals surface area contributed by atoms with Crippen LogP contribution in [0.1, 0.15) is 45.7 Å². The van der Waals surface area contributed by atoms with Crippen LogP contribution < -0.4 is 5.32 Å². The maximum atomic E-state index is 3.60. The van der Waals surface area contributed by atoms with Crippen LogP contribution in [0.25, 0.3) is 0 Å². The van der Waals surface area contributed by atoms with E-state index < -0.39 is 0 Å². The number of hydrogen-bond donors (Lipinski definition) is 1. The van der Waals surface area contributed by atoms with E-state index in [1.807, 2.05) is 0 Å². The lowest BCUT2D eigenvalue weighted by molar-refractivity contribution is 0.317. The highest BCUT2D eigenvalue weighted by molar-refractivity contribution is 5.25. The second kappa shape index (κ2) is 6.38. The van der Waals surface area contributed by atoms with Crippen molar-refractivity contribution >= 4 is 0 Å². The Bertz CT molecular complexity index is 362. The number of hydrogen-bond acceptors (Lipinski definition) is 1. The second-order valence-electron chi connectivity index (χ2n) is 6.72. The summed E-state index contributed by atoms with van der Waals surface area (Å²) >= 11 is 0. The van der Waals surface area contributed by atoms with E-state index in [-0.39, 0.29) is 5.54 Å². The Kier molecular flexibility index (Phi) is 5.40. The maximum Gasteiger partial charge on any atom is 0.00966 e. The van der Waals surface area contributed by atoms with Crippen LogP contribution in [0.4, 0.5) is 0 Å². The number of aryl methyl sites for hydroxylation is 1. The summed E-state index contributed by atoms with van der Waals surface area (Å²) < 4.78 is 0. The molecule has 0 heterocycles. The van der Waals surface area contributed by atoms with Gasteiger partial charge in [-0.15, -0.1) is 0 Å². The molecule has 0 bridgehead atoms. The molecule has 1 heteroatoms. The van der Waals surface area contributed by atoms with Crippen molar-refractivity contribution in [1.82, 2.24) is 5.32 Å². The smallest absolute Gasteiger partial charge is 0.00966 e. The van der Waals surface area contributed by atoms with Crippen LogP contribution in [0.15, 0.2) is 24.3 Å². The molecule has 0 aliphatic rings. The molecule has 0 aliphatic carbocycles. The minimum atomic E-state index is 0.219. The fourth-order valence-corrected chi connectivity index (χ4v) is 2.06. The molecule has 18 heavy (non-hydrogen) atoms. The Morgan fingerprint density at radius 3 is 2.22 bits per heavy atom. The SMILES string of the molecule is Cc1ccccc1CC(C)C(C)CNC(C)(C)C. The first kappa shape index (κ1) is 15.2. The topological polar surface area (TPSA) is 12.0 Å². The van der Waals surface area contributed by atoms with Gasteiger partial charge in [0.15, 0.2) is 0 Å². The van der Waals surface area contributed by atoms with E-state index in [0.29, 0.717) is 11.8 Å². The molecule has 1 aromatic rings. The van der Waals surface area contributed by atoms with Gasteiger partial charge in [-0.25, -0.2) is 0 Å². The molecule has 0 saturated heterocycles. The van der Waals surface area contributed by atoms with Crippen molar-refractivity contribution < 1.29 is 0 Å². The fraction of sp³-hybridized carbons (Fsp3) is 0.647. The number of benzene rings is 1. The van der Waals surface area contributed by atoms with Crippen molar-refractivity contribution in [1.29, 1.82) is 0 Å². The van der Waals surface area contributed by atoms with E-state index >= 15 is 0 Å². The molecular weight excluding hydrogens is 218 g/mol. The number of nitrogens with one attached hydrogen (secondary N) is 1. The van der Waals surface area contributed by atoms with Gasteiger partial charge in [-0.05, 0) is 63.6 Å². The minimum Gasteiger partial charge on any atom is -0.312 e. The summed E-state index contributed by atoms with van der Waals surface area (Å²) in [7, 11) is 0. The third-order valence-corrected chi connectivity index (χ3v) is 3.73. The van der Waals surface area contributed by atoms with Crippen LogP contribution in [0.3, 0.4) is 0 Å². The lowest BCUT2D eigenvalue weighted by Crippen LogP contribution is -2.40. The molecule has 0 spiro atoms. The molecule has 1 nitrogen and oxygen atoms in total. The first-order valence-corrected chi connectivity index (χ1v) is 7.09. The van der Waals surface area contributed by atoms with E-state index in [4.69, 9.17) is 0 Å². The van der Waals surface area contributed by atoms with Crippen molar-refractivity contribution in [3.8, 4) is 0 Å². The standard InChI is InChI=1S/C17H29N/c1-13-9-7-8-10-16(13)11-14(2)15(3)12-18-17(4,5)6/h7-10,14-15,18H,11-12H2,1-6H3. The van der Waals surface area contributed by atoms with E-state index in [0.717, 1.165) is 6.54 Å². The van der Waals surface area contributed by atoms with Crippen molar-refractivity contribution in [3.05, 3.63) is 35.4 Å². The zero-order chi connectivity index (χ0) is 13.8. The molecule has 2 unspecified atom stereocenters. The highest BCUT2D eigenvalue weighted by Gasteiger charge is 2.16. The molecular formula is C17H29N. The Labute approximate surface area is 113 Å². The maximum absolute atomic E-state index is 3.60. The Morgan fingerprint density at radius 2 is 1.67 bits per heavy atom. The summed E-state index contributed by atoms with van der Waals surface area (Å²) in [6.07, 6.45) is 1.18. The van der Waals surface area contributed by atoms with Gasteiger partial charge < -0.3 is 5.32 Å². The van der Waals surface area contributed by atoms with Crippen LogP contribution in [-0.4, -0.2) is 12.1 Å². The lowest BCUT2D eigenvalue weighted by atomic mass is 9.88. The molecule has 0 amide bonds. The summed E-state index contributed by atoms with van der Waals surface area (Å²) in [5.74, 6) is 1.41. The van der Waals surface area contributed by atoms with E-state index in [1.165, 1.54) is 17.5 Å². The molecule has 2 atom stereocenters. The monoisotopic (exact) mass is 247 g/mol. The van der Waals surface area contributed by atoms with E-state index in [1.54, 1.807) is 0 Å². The molecule has 1 N–H and O–H groups in total. The van der Waals surface area contributed by atoms with E-state index in [9.17, 15) is 0 Å². The average molecular weight is 247 g/mol. The average Bonchev–Trinajstić information content (AvgIpc) is 2.28. The highest BCUT2D eigenvalue weighted by Crippen LogP contribution is 2.19. The third-order valence-electron chi connectivity index (χ3n) is 3.73. The molecule has 0 aliphatic heterocycles. The summed E-state index contributed by atoms with van der Waals surface area (Å²) in [5, 5.41) is 3.60. The lowest BCUT2D eigenvalue weighted by Gasteiger charge is -2.27. The second-order valence-corrected chi connectivity index (χ2v) is 6.72. The molecule has 1 rings (SSSR count). The van der Waals surface area contributed by atoms with Crippen LogP contribution in [-0.2, 0) is 6.42 Å². The first-order chi connectivity index (χ1) is 8.29. The summed E-state index contributed by atoms with van der Waals surface area (Å²) in [6.45, 7) is 14.7. The van der Waals surface area contributed by atoms with Gasteiger partial charge in [0.2, 0.25) is 0 Å². The zero-order valence-electron chi connectivity index (χ0n) is 12.9. The van der Waals surface area contributed by atoms with Crippen LogP contribution in [0.2, 0.25) is 0 Å². The van der Waals surface area contributed by atoms with Gasteiger partial charge in [0.05, 0.1) is 0 Å². The van der Waals surface area contributed by atoms with Gasteiger partial charge >= 0.3 is 0 Å². The van der Waals surface area contributed by atoms with Gasteiger partial charge in [-0.2, -0.15) is 0 Å². The fourth-order valence-electron chi connectivity index (χ4n) is 2.06. The van der Waals surface area contributed by atoms with Crippen LogP contribution in [0, 0.1) is 18.8 Å². The van der Waals surface area contributed by atoms with Crippen molar-refractivity contribution in [2.45, 2.75) is 53.5 Å². The molecule has 1 aromatic carbocycles. The predicted molar refractivity (Wildman–Crippen MR) is 81.0 cm³/mol. The Balaban J connectivity index is 2.50. The van der Waals surface area contributed by atoms with Crippen molar-refractivity contribution in [2.75, 3.05) is 6.54 Å². The zero-order valence-corrected chi connectivity index (χ0v) is 12.9. The Morgan fingerprint density at radius 1 is 1.06 bits per heavy atom. The normalized spacial score (nSPS) is 15.4. The van der Waals surface area contributed by atoms with Crippen LogP contribution >= 0.6 is 0 Å². The quantitative estimate of drug-likeness (QED) is 0.822. The van der Waals surface area contributed by atoms with Gasteiger partial charge in [0.1, 0.15) is 0 Å². The minimum absolute atomic E-state index is 0.219. The van der Waals surface area contributed by atoms with Crippen LogP contribution in [0.5, 0.6) is 0 Å². The third kappa shape index (κ3) is 5.22. The predicted octanol–water partition coefficient (Wildman–Crippen LogP) is 4.20. The molecule has 0 saturated carbocycles. The molecule has 0 radical (unpaired) electrons. The summed E-state index contributed by atoms with van der Waals surface area (Å²) in [5.41, 5.74) is 3.13. The van der Waals surface area contributed by atoms with Gasteiger partial charge in [0.25, 0.3) is 0 Å². The summed E-state index contributed by atoms with van der Waals surface area (Å²) in [4.78, 5) is 0. The summed E-state index contributed by atoms with van der Waals surface area (Å²) in [6, 6.07) is 8.73.